The predicted molar refractivity (Wildman–Crippen MR) is 120 cm³/mol. The molecule has 2 aromatic carbocycles. The number of alkyl halides is 3. The Morgan fingerprint density at radius 3 is 2.28 bits per heavy atom. The Hall–Kier alpha value is -2.64. The Labute approximate surface area is 186 Å². The minimum atomic E-state index is -4.87. The van der Waals surface area contributed by atoms with Crippen molar-refractivity contribution in [3.05, 3.63) is 71.9 Å². The van der Waals surface area contributed by atoms with Crippen LogP contribution in [-0.4, -0.2) is 59.1 Å². The molecule has 0 spiro atoms. The maximum absolute atomic E-state index is 13.0. The number of halogens is 3. The molecule has 0 saturated carbocycles. The van der Waals surface area contributed by atoms with E-state index in [0.29, 0.717) is 23.5 Å². The summed E-state index contributed by atoms with van der Waals surface area (Å²) >= 11 is 0. The van der Waals surface area contributed by atoms with Crippen molar-refractivity contribution < 1.29 is 18.0 Å². The zero-order valence-electron chi connectivity index (χ0n) is 18.2. The molecule has 4 nitrogen and oxygen atoms in total. The Bertz CT molecular complexity index is 1050. The van der Waals surface area contributed by atoms with E-state index in [1.165, 1.54) is 11.8 Å². The zero-order valence-corrected chi connectivity index (χ0v) is 18.2. The van der Waals surface area contributed by atoms with Crippen molar-refractivity contribution in [3.63, 3.8) is 0 Å². The lowest BCUT2D eigenvalue weighted by Gasteiger charge is -2.38. The van der Waals surface area contributed by atoms with Gasteiger partial charge in [-0.2, -0.15) is 13.2 Å². The second kappa shape index (κ2) is 9.46. The number of fused-ring (bicyclic) bond motifs is 1. The van der Waals surface area contributed by atoms with Gasteiger partial charge in [0, 0.05) is 55.9 Å². The molecule has 0 radical (unpaired) electrons. The number of nitrogens with zero attached hydrogens (tertiary/aromatic N) is 3. The summed E-state index contributed by atoms with van der Waals surface area (Å²) in [6.45, 7) is 7.62. The van der Waals surface area contributed by atoms with Gasteiger partial charge in [-0.1, -0.05) is 48.5 Å². The first-order valence-corrected chi connectivity index (χ1v) is 11.1. The number of ketones is 1. The number of hydrogen-bond donors (Lipinski definition) is 0. The third-order valence-corrected chi connectivity index (χ3v) is 6.40. The van der Waals surface area contributed by atoms with E-state index < -0.39 is 12.0 Å². The molecule has 0 bridgehead atoms. The first-order valence-electron chi connectivity index (χ1n) is 11.1. The molecule has 0 amide bonds. The third kappa shape index (κ3) is 4.89. The molecule has 7 heteroatoms. The number of carbonyl (C=O) groups excluding carboxylic acids is 1. The molecular formula is C25H28F3N3O. The summed E-state index contributed by atoms with van der Waals surface area (Å²) in [6, 6.07) is 17.7. The van der Waals surface area contributed by atoms with Crippen molar-refractivity contribution >= 4 is 16.7 Å². The Morgan fingerprint density at radius 1 is 0.938 bits per heavy atom. The van der Waals surface area contributed by atoms with Gasteiger partial charge in [0.1, 0.15) is 0 Å². The van der Waals surface area contributed by atoms with Gasteiger partial charge >= 0.3 is 6.18 Å². The number of para-hydroxylation sites is 1. The van der Waals surface area contributed by atoms with E-state index in [4.69, 9.17) is 0 Å². The van der Waals surface area contributed by atoms with Crippen molar-refractivity contribution in [1.29, 1.82) is 0 Å². The summed E-state index contributed by atoms with van der Waals surface area (Å²) in [6.07, 6.45) is -2.70. The van der Waals surface area contributed by atoms with Gasteiger partial charge < -0.3 is 9.47 Å². The Balaban J connectivity index is 1.33. The van der Waals surface area contributed by atoms with Crippen LogP contribution in [0, 0.1) is 0 Å². The molecule has 0 N–H and O–H groups in total. The lowest BCUT2D eigenvalue weighted by atomic mass is 10.1. The summed E-state index contributed by atoms with van der Waals surface area (Å²) < 4.78 is 40.8. The van der Waals surface area contributed by atoms with Gasteiger partial charge in [-0.15, -0.1) is 0 Å². The molecule has 32 heavy (non-hydrogen) atoms. The fourth-order valence-corrected chi connectivity index (χ4v) is 4.55. The van der Waals surface area contributed by atoms with Crippen molar-refractivity contribution in [1.82, 2.24) is 14.4 Å². The summed E-state index contributed by atoms with van der Waals surface area (Å²) in [5, 5.41) is 0.360. The standard InChI is InChI=1S/C25H28F3N3O/c1-19(20-8-3-2-4-9-20)30-16-14-29(15-17-30)12-7-13-31-18-22(24(32)25(26,27)28)21-10-5-6-11-23(21)31/h2-6,8-11,18-19H,7,12-17H2,1H3. The molecule has 1 saturated heterocycles. The number of carbonyl (C=O) groups is 1. The van der Waals surface area contributed by atoms with Gasteiger partial charge in [0.25, 0.3) is 5.78 Å². The molecule has 1 atom stereocenters. The number of aromatic nitrogens is 1. The number of piperazine rings is 1. The molecule has 1 aromatic heterocycles. The van der Waals surface area contributed by atoms with E-state index in [-0.39, 0.29) is 5.56 Å². The Kier molecular flexibility index (Phi) is 6.67. The summed E-state index contributed by atoms with van der Waals surface area (Å²) in [4.78, 5) is 16.7. The Morgan fingerprint density at radius 2 is 1.59 bits per heavy atom. The molecule has 0 aliphatic carbocycles. The quantitative estimate of drug-likeness (QED) is 0.473. The summed E-state index contributed by atoms with van der Waals surface area (Å²) in [7, 11) is 0. The highest BCUT2D eigenvalue weighted by molar-refractivity contribution is 6.10. The zero-order chi connectivity index (χ0) is 22.7. The molecule has 2 heterocycles. The van der Waals surface area contributed by atoms with E-state index in [1.54, 1.807) is 28.8 Å². The first-order chi connectivity index (χ1) is 15.3. The second-order valence-corrected chi connectivity index (χ2v) is 8.40. The van der Waals surface area contributed by atoms with Crippen molar-refractivity contribution in [2.75, 3.05) is 32.7 Å². The van der Waals surface area contributed by atoms with E-state index in [2.05, 4.69) is 41.0 Å². The van der Waals surface area contributed by atoms with Crippen LogP contribution in [-0.2, 0) is 6.54 Å². The second-order valence-electron chi connectivity index (χ2n) is 8.40. The van der Waals surface area contributed by atoms with Gasteiger partial charge in [-0.3, -0.25) is 9.69 Å². The SMILES string of the molecule is CC(c1ccccc1)N1CCN(CCCn2cc(C(=O)C(F)(F)F)c3ccccc32)CC1. The molecule has 1 unspecified atom stereocenters. The molecule has 3 aromatic rings. The number of rotatable bonds is 7. The van der Waals surface area contributed by atoms with E-state index in [1.807, 2.05) is 6.07 Å². The molecular weight excluding hydrogens is 415 g/mol. The lowest BCUT2D eigenvalue weighted by molar-refractivity contribution is -0.0884. The van der Waals surface area contributed by atoms with Gasteiger partial charge in [0.05, 0.1) is 5.56 Å². The van der Waals surface area contributed by atoms with Crippen molar-refractivity contribution in [3.8, 4) is 0 Å². The monoisotopic (exact) mass is 443 g/mol. The van der Waals surface area contributed by atoms with Gasteiger partial charge in [0.15, 0.2) is 0 Å². The molecule has 1 fully saturated rings. The maximum atomic E-state index is 13.0. The number of benzene rings is 2. The fourth-order valence-electron chi connectivity index (χ4n) is 4.55. The molecule has 1 aliphatic rings. The van der Waals surface area contributed by atoms with Crippen LogP contribution >= 0.6 is 0 Å². The first kappa shape index (κ1) is 22.6. The van der Waals surface area contributed by atoms with Crippen LogP contribution < -0.4 is 0 Å². The average Bonchev–Trinajstić information content (AvgIpc) is 3.17. The van der Waals surface area contributed by atoms with Crippen LogP contribution in [0.4, 0.5) is 13.2 Å². The molecule has 170 valence electrons. The van der Waals surface area contributed by atoms with Crippen molar-refractivity contribution in [2.24, 2.45) is 0 Å². The smallest absolute Gasteiger partial charge is 0.347 e. The van der Waals surface area contributed by atoms with E-state index >= 15 is 0 Å². The highest BCUT2D eigenvalue weighted by atomic mass is 19.4. The van der Waals surface area contributed by atoms with Crippen LogP contribution in [0.15, 0.2) is 60.8 Å². The van der Waals surface area contributed by atoms with E-state index in [0.717, 1.165) is 39.1 Å². The average molecular weight is 444 g/mol. The number of aryl methyl sites for hydroxylation is 1. The topological polar surface area (TPSA) is 28.5 Å². The molecule has 1 aliphatic heterocycles. The normalized spacial score (nSPS) is 17.0. The van der Waals surface area contributed by atoms with Crippen LogP contribution in [0.3, 0.4) is 0 Å². The predicted octanol–water partition coefficient (Wildman–Crippen LogP) is 5.16. The van der Waals surface area contributed by atoms with Crippen molar-refractivity contribution in [2.45, 2.75) is 32.1 Å². The highest BCUT2D eigenvalue weighted by Crippen LogP contribution is 2.29. The van der Waals surface area contributed by atoms with Crippen LogP contribution in [0.25, 0.3) is 10.9 Å². The number of Topliss-reactive ketones (excluding diaryl/α,β-unsaturated/α-hetero) is 1. The van der Waals surface area contributed by atoms with Gasteiger partial charge in [-0.05, 0) is 31.5 Å². The summed E-state index contributed by atoms with van der Waals surface area (Å²) in [5.41, 5.74) is 1.72. The van der Waals surface area contributed by atoms with Crippen LogP contribution in [0.1, 0.15) is 35.3 Å². The lowest BCUT2D eigenvalue weighted by Crippen LogP contribution is -2.47. The molecule has 4 rings (SSSR count). The van der Waals surface area contributed by atoms with Gasteiger partial charge in [0.2, 0.25) is 0 Å². The van der Waals surface area contributed by atoms with E-state index in [9.17, 15) is 18.0 Å². The fraction of sp³-hybridized carbons (Fsp3) is 0.400. The third-order valence-electron chi connectivity index (χ3n) is 6.40. The van der Waals surface area contributed by atoms with Gasteiger partial charge in [-0.25, -0.2) is 0 Å². The van der Waals surface area contributed by atoms with Crippen LogP contribution in [0.2, 0.25) is 0 Å². The highest BCUT2D eigenvalue weighted by Gasteiger charge is 2.40. The maximum Gasteiger partial charge on any atom is 0.454 e. The number of hydrogen-bond acceptors (Lipinski definition) is 3. The largest absolute Gasteiger partial charge is 0.454 e. The van der Waals surface area contributed by atoms with Crippen LogP contribution in [0.5, 0.6) is 0 Å². The minimum Gasteiger partial charge on any atom is -0.347 e. The minimum absolute atomic E-state index is 0.267. The summed E-state index contributed by atoms with van der Waals surface area (Å²) in [5.74, 6) is -1.78.